The fourth-order valence-electron chi connectivity index (χ4n) is 2.60. The van der Waals surface area contributed by atoms with Crippen LogP contribution in [0.2, 0.25) is 0 Å². The monoisotopic (exact) mass is 364 g/mol. The summed E-state index contributed by atoms with van der Waals surface area (Å²) in [5, 5.41) is 0. The molecule has 2 rings (SSSR count). The first-order valence-corrected chi connectivity index (χ1v) is 7.48. The molecule has 0 spiro atoms. The summed E-state index contributed by atoms with van der Waals surface area (Å²) in [7, 11) is 1.37. The molecule has 0 bridgehead atoms. The van der Waals surface area contributed by atoms with Gasteiger partial charge in [-0.25, -0.2) is 4.79 Å². The van der Waals surface area contributed by atoms with Gasteiger partial charge in [-0.2, -0.15) is 0 Å². The van der Waals surface area contributed by atoms with Crippen LogP contribution in [0.1, 0.15) is 29.6 Å². The maximum absolute atomic E-state index is 11.4. The smallest absolute Gasteiger partial charge is 0.337 e. The second-order valence-corrected chi connectivity index (χ2v) is 5.42. The van der Waals surface area contributed by atoms with Crippen molar-refractivity contribution in [2.45, 2.75) is 25.3 Å². The maximum Gasteiger partial charge on any atom is 0.337 e. The van der Waals surface area contributed by atoms with Crippen LogP contribution in [0.4, 0.5) is 0 Å². The number of nitrogens with zero attached hydrogens (tertiary/aromatic N) is 1. The van der Waals surface area contributed by atoms with Crippen molar-refractivity contribution in [3.63, 3.8) is 0 Å². The summed E-state index contributed by atoms with van der Waals surface area (Å²) in [6, 6.07) is 7.39. The molecule has 0 aromatic heterocycles. The van der Waals surface area contributed by atoms with E-state index in [9.17, 15) is 4.79 Å². The van der Waals surface area contributed by atoms with Crippen LogP contribution in [-0.4, -0.2) is 50.3 Å². The van der Waals surface area contributed by atoms with E-state index in [0.29, 0.717) is 24.0 Å². The van der Waals surface area contributed by atoms with Gasteiger partial charge < -0.3 is 20.1 Å². The molecule has 1 saturated heterocycles. The number of ether oxygens (including phenoxy) is 2. The van der Waals surface area contributed by atoms with E-state index >= 15 is 0 Å². The van der Waals surface area contributed by atoms with Crippen molar-refractivity contribution in [2.75, 3.05) is 33.4 Å². The van der Waals surface area contributed by atoms with Gasteiger partial charge in [0.25, 0.3) is 0 Å². The first-order valence-electron chi connectivity index (χ1n) is 7.48. The quantitative estimate of drug-likeness (QED) is 0.620. The number of hydrogen-bond acceptors (Lipinski definition) is 5. The average Bonchev–Trinajstić information content (AvgIpc) is 2.51. The number of likely N-dealkylation sites (tertiary alicyclic amines) is 1. The van der Waals surface area contributed by atoms with Crippen molar-refractivity contribution >= 4 is 30.8 Å². The normalized spacial score (nSPS) is 17.6. The van der Waals surface area contributed by atoms with Gasteiger partial charge in [0.05, 0.1) is 19.3 Å². The van der Waals surface area contributed by atoms with Crippen molar-refractivity contribution in [1.29, 1.82) is 0 Å². The molecule has 1 aromatic rings. The molecule has 1 aliphatic heterocycles. The summed E-state index contributed by atoms with van der Waals surface area (Å²) < 4.78 is 10.4. The van der Waals surface area contributed by atoms with Crippen LogP contribution in [0, 0.1) is 0 Å². The largest absolute Gasteiger partial charge is 0.494 e. The highest BCUT2D eigenvalue weighted by Crippen LogP contribution is 2.14. The molecule has 5 nitrogen and oxygen atoms in total. The molecule has 7 heteroatoms. The Labute approximate surface area is 150 Å². The molecule has 0 saturated carbocycles. The minimum Gasteiger partial charge on any atom is -0.494 e. The van der Waals surface area contributed by atoms with Gasteiger partial charge >= 0.3 is 5.97 Å². The Morgan fingerprint density at radius 1 is 1.39 bits per heavy atom. The van der Waals surface area contributed by atoms with Crippen molar-refractivity contribution in [3.05, 3.63) is 29.8 Å². The fraction of sp³-hybridized carbons (Fsp3) is 0.562. The maximum atomic E-state index is 11.4. The Morgan fingerprint density at radius 2 is 2.17 bits per heavy atom. The van der Waals surface area contributed by atoms with E-state index < -0.39 is 0 Å². The fourth-order valence-corrected chi connectivity index (χ4v) is 2.60. The second kappa shape index (κ2) is 11.5. The van der Waals surface area contributed by atoms with Crippen molar-refractivity contribution < 1.29 is 14.3 Å². The Hall–Kier alpha value is -1.01. The number of nitrogens with two attached hydrogens (primary N) is 1. The molecule has 2 N–H and O–H groups in total. The van der Waals surface area contributed by atoms with Crippen LogP contribution in [0.3, 0.4) is 0 Å². The molecule has 1 aliphatic rings. The standard InChI is InChI=1S/C16H24N2O3.2ClH/c1-20-16(19)13-5-2-7-15(11-13)21-10-4-9-18-8-3-6-14(17)12-18;;/h2,5,7,11,14H,3-4,6,8-10,12,17H2,1H3;2*1H. The summed E-state index contributed by atoms with van der Waals surface area (Å²) in [5.74, 6) is 0.357. The Balaban J connectivity index is 0.00000242. The van der Waals surface area contributed by atoms with Crippen molar-refractivity contribution in [1.82, 2.24) is 4.90 Å². The minimum atomic E-state index is -0.345. The number of carbonyl (C=O) groups is 1. The summed E-state index contributed by atoms with van der Waals surface area (Å²) in [4.78, 5) is 13.8. The van der Waals surface area contributed by atoms with E-state index in [2.05, 4.69) is 4.90 Å². The molecule has 1 atom stereocenters. The number of carbonyl (C=O) groups excluding carboxylic acids is 1. The Kier molecular flexibility index (Phi) is 11.0. The molecule has 23 heavy (non-hydrogen) atoms. The first-order chi connectivity index (χ1) is 10.2. The summed E-state index contributed by atoms with van der Waals surface area (Å²) in [6.45, 7) is 3.75. The lowest BCUT2D eigenvalue weighted by atomic mass is 10.1. The summed E-state index contributed by atoms with van der Waals surface area (Å²) in [5.41, 5.74) is 6.47. The molecule has 1 aromatic carbocycles. The van der Waals surface area contributed by atoms with Crippen LogP contribution < -0.4 is 10.5 Å². The third-order valence-electron chi connectivity index (χ3n) is 3.68. The number of piperidine rings is 1. The van der Waals surface area contributed by atoms with Gasteiger partial charge in [0.2, 0.25) is 0 Å². The van der Waals surface area contributed by atoms with E-state index in [0.717, 1.165) is 32.5 Å². The highest BCUT2D eigenvalue weighted by molar-refractivity contribution is 5.89. The number of esters is 1. The zero-order valence-corrected chi connectivity index (χ0v) is 15.0. The summed E-state index contributed by atoms with van der Waals surface area (Å²) in [6.07, 6.45) is 3.27. The third-order valence-corrected chi connectivity index (χ3v) is 3.68. The van der Waals surface area contributed by atoms with Crippen LogP contribution >= 0.6 is 24.8 Å². The minimum absolute atomic E-state index is 0. The zero-order chi connectivity index (χ0) is 15.1. The number of methoxy groups -OCH3 is 1. The summed E-state index contributed by atoms with van der Waals surface area (Å²) >= 11 is 0. The average molecular weight is 365 g/mol. The molecule has 0 amide bonds. The Morgan fingerprint density at radius 3 is 2.87 bits per heavy atom. The molecule has 1 unspecified atom stereocenters. The third kappa shape index (κ3) is 7.40. The number of halogens is 2. The highest BCUT2D eigenvalue weighted by Gasteiger charge is 2.15. The van der Waals surface area contributed by atoms with Crippen molar-refractivity contribution in [2.24, 2.45) is 5.73 Å². The van der Waals surface area contributed by atoms with E-state index in [-0.39, 0.29) is 30.8 Å². The topological polar surface area (TPSA) is 64.8 Å². The molecule has 0 aliphatic carbocycles. The van der Waals surface area contributed by atoms with Gasteiger partial charge in [0, 0.05) is 19.1 Å². The molecule has 1 heterocycles. The Bertz CT molecular complexity index is 474. The van der Waals surface area contributed by atoms with Crippen LogP contribution in [0.5, 0.6) is 5.75 Å². The van der Waals surface area contributed by atoms with Gasteiger partial charge in [0.1, 0.15) is 5.75 Å². The van der Waals surface area contributed by atoms with Crippen LogP contribution in [0.15, 0.2) is 24.3 Å². The lowest BCUT2D eigenvalue weighted by Gasteiger charge is -2.30. The zero-order valence-electron chi connectivity index (χ0n) is 13.4. The molecule has 132 valence electrons. The SMILES string of the molecule is COC(=O)c1cccc(OCCCN2CCCC(N)C2)c1.Cl.Cl. The number of rotatable bonds is 6. The predicted octanol–water partition coefficient (Wildman–Crippen LogP) is 2.51. The van der Waals surface area contributed by atoms with Gasteiger partial charge in [-0.15, -0.1) is 24.8 Å². The lowest BCUT2D eigenvalue weighted by Crippen LogP contribution is -2.43. The molecular weight excluding hydrogens is 339 g/mol. The van der Waals surface area contributed by atoms with Gasteiger partial charge in [-0.05, 0) is 44.0 Å². The van der Waals surface area contributed by atoms with E-state index in [1.165, 1.54) is 13.5 Å². The molecular formula is C16H26Cl2N2O3. The predicted molar refractivity (Wildman–Crippen MR) is 96.0 cm³/mol. The van der Waals surface area contributed by atoms with Gasteiger partial charge in [-0.3, -0.25) is 0 Å². The van der Waals surface area contributed by atoms with Crippen LogP contribution in [0.25, 0.3) is 0 Å². The van der Waals surface area contributed by atoms with E-state index in [4.69, 9.17) is 15.2 Å². The van der Waals surface area contributed by atoms with E-state index in [1.54, 1.807) is 18.2 Å². The second-order valence-electron chi connectivity index (χ2n) is 5.42. The van der Waals surface area contributed by atoms with Crippen molar-refractivity contribution in [3.8, 4) is 5.75 Å². The molecule has 1 fully saturated rings. The molecule has 0 radical (unpaired) electrons. The van der Waals surface area contributed by atoms with E-state index in [1.807, 2.05) is 6.07 Å². The number of benzene rings is 1. The van der Waals surface area contributed by atoms with Crippen LogP contribution in [-0.2, 0) is 4.74 Å². The van der Waals surface area contributed by atoms with Gasteiger partial charge in [0.15, 0.2) is 0 Å². The highest BCUT2D eigenvalue weighted by atomic mass is 35.5. The number of hydrogen-bond donors (Lipinski definition) is 1. The van der Waals surface area contributed by atoms with Gasteiger partial charge in [-0.1, -0.05) is 6.07 Å². The lowest BCUT2D eigenvalue weighted by molar-refractivity contribution is 0.0600. The first kappa shape index (κ1) is 22.0.